The Hall–Kier alpha value is -0.463. The Balaban J connectivity index is 2.18. The number of ether oxygens (including phenoxy) is 3. The zero-order valence-corrected chi connectivity index (χ0v) is 15.9. The van der Waals surface area contributed by atoms with Crippen molar-refractivity contribution in [2.45, 2.75) is 83.1 Å². The van der Waals surface area contributed by atoms with Gasteiger partial charge in [-0.1, -0.05) is 45.6 Å². The quantitative estimate of drug-likeness (QED) is 0.578. The first-order valence-electron chi connectivity index (χ1n) is 7.95. The number of allylic oxidation sites excluding steroid dienone is 2. The maximum atomic E-state index is 6.43. The van der Waals surface area contributed by atoms with E-state index in [1.54, 1.807) is 6.08 Å². The minimum absolute atomic E-state index is 0.121. The van der Waals surface area contributed by atoms with E-state index < -0.39 is 14.1 Å². The van der Waals surface area contributed by atoms with Gasteiger partial charge < -0.3 is 18.6 Å². The molecule has 5 heteroatoms. The number of fused-ring (bicyclic) bond motifs is 1. The summed E-state index contributed by atoms with van der Waals surface area (Å²) in [5.41, 5.74) is 0. The van der Waals surface area contributed by atoms with Crippen LogP contribution in [0.15, 0.2) is 24.8 Å². The molecule has 0 aromatic carbocycles. The van der Waals surface area contributed by atoms with Crippen molar-refractivity contribution in [3.63, 3.8) is 0 Å². The van der Waals surface area contributed by atoms with Gasteiger partial charge in [0.15, 0.2) is 20.4 Å². The van der Waals surface area contributed by atoms with Crippen LogP contribution in [0.25, 0.3) is 0 Å². The summed E-state index contributed by atoms with van der Waals surface area (Å²) in [7, 11) is -1.94. The molecule has 0 saturated carbocycles. The van der Waals surface area contributed by atoms with Crippen LogP contribution in [0.2, 0.25) is 18.1 Å². The van der Waals surface area contributed by atoms with E-state index in [1.165, 1.54) is 0 Å². The standard InChI is InChI=1S/C17H30O4Si/c1-9-10-11-12-13-14(20-17(5,6)19-13)15(18-12)21-22(7,8)16(2,3)4/h9-15H,1H2,2-8H3/b11-10+/t12-,13+,14+,15-/m1/s1. The Morgan fingerprint density at radius 3 is 2.27 bits per heavy atom. The molecule has 0 bridgehead atoms. The first-order chi connectivity index (χ1) is 9.97. The summed E-state index contributed by atoms with van der Waals surface area (Å²) >= 11 is 0. The fourth-order valence-corrected chi connectivity index (χ4v) is 3.62. The largest absolute Gasteiger partial charge is 0.390 e. The highest BCUT2D eigenvalue weighted by atomic mass is 28.4. The summed E-state index contributed by atoms with van der Waals surface area (Å²) < 4.78 is 24.6. The lowest BCUT2D eigenvalue weighted by molar-refractivity contribution is -0.210. The molecule has 0 radical (unpaired) electrons. The molecule has 0 aliphatic carbocycles. The zero-order valence-electron chi connectivity index (χ0n) is 14.9. The minimum atomic E-state index is -1.94. The highest BCUT2D eigenvalue weighted by Crippen LogP contribution is 2.44. The van der Waals surface area contributed by atoms with E-state index in [0.29, 0.717) is 0 Å². The maximum absolute atomic E-state index is 6.43. The number of rotatable bonds is 4. The molecule has 2 heterocycles. The van der Waals surface area contributed by atoms with Gasteiger partial charge in [-0.2, -0.15) is 0 Å². The molecule has 2 aliphatic heterocycles. The predicted molar refractivity (Wildman–Crippen MR) is 90.1 cm³/mol. The van der Waals surface area contributed by atoms with E-state index in [0.717, 1.165) is 0 Å². The van der Waals surface area contributed by atoms with E-state index >= 15 is 0 Å². The van der Waals surface area contributed by atoms with Crippen molar-refractivity contribution in [2.75, 3.05) is 0 Å². The van der Waals surface area contributed by atoms with Crippen LogP contribution in [0.1, 0.15) is 34.6 Å². The third-order valence-corrected chi connectivity index (χ3v) is 9.13. The fourth-order valence-electron chi connectivity index (χ4n) is 2.50. The lowest BCUT2D eigenvalue weighted by Gasteiger charge is -2.39. The molecule has 4 atom stereocenters. The molecule has 22 heavy (non-hydrogen) atoms. The summed E-state index contributed by atoms with van der Waals surface area (Å²) in [6, 6.07) is 0. The Morgan fingerprint density at radius 1 is 1.14 bits per heavy atom. The zero-order chi connectivity index (χ0) is 16.8. The van der Waals surface area contributed by atoms with Crippen molar-refractivity contribution in [3.05, 3.63) is 24.8 Å². The van der Waals surface area contributed by atoms with E-state index in [9.17, 15) is 0 Å². The van der Waals surface area contributed by atoms with Gasteiger partial charge in [-0.05, 0) is 32.0 Å². The SMILES string of the molecule is C=C/C=C/[C@H]1O[C@H](O[Si](C)(C)C(C)(C)C)[C@H]2OC(C)(C)O[C@H]21. The van der Waals surface area contributed by atoms with E-state index in [2.05, 4.69) is 40.4 Å². The number of hydrogen-bond donors (Lipinski definition) is 0. The van der Waals surface area contributed by atoms with Crippen LogP contribution in [0, 0.1) is 0 Å². The van der Waals surface area contributed by atoms with Gasteiger partial charge in [0, 0.05) is 0 Å². The topological polar surface area (TPSA) is 36.9 Å². The van der Waals surface area contributed by atoms with Gasteiger partial charge in [0.1, 0.15) is 18.3 Å². The van der Waals surface area contributed by atoms with E-state index in [-0.39, 0.29) is 29.6 Å². The fraction of sp³-hybridized carbons (Fsp3) is 0.765. The van der Waals surface area contributed by atoms with Gasteiger partial charge in [-0.25, -0.2) is 0 Å². The molecule has 0 amide bonds. The summed E-state index contributed by atoms with van der Waals surface area (Å²) in [6.45, 7) is 18.7. The minimum Gasteiger partial charge on any atom is -0.390 e. The van der Waals surface area contributed by atoms with Gasteiger partial charge in [0.25, 0.3) is 0 Å². The Kier molecular flexibility index (Phi) is 4.77. The van der Waals surface area contributed by atoms with Crippen LogP contribution in [0.5, 0.6) is 0 Å². The molecule has 126 valence electrons. The molecular weight excluding hydrogens is 296 g/mol. The summed E-state index contributed by atoms with van der Waals surface area (Å²) in [4.78, 5) is 0. The highest BCUT2D eigenvalue weighted by molar-refractivity contribution is 6.74. The molecule has 0 spiro atoms. The molecule has 2 fully saturated rings. The van der Waals surface area contributed by atoms with Crippen molar-refractivity contribution < 1.29 is 18.6 Å². The monoisotopic (exact) mass is 326 g/mol. The van der Waals surface area contributed by atoms with Crippen molar-refractivity contribution in [3.8, 4) is 0 Å². The molecule has 0 aromatic heterocycles. The molecule has 2 aliphatic rings. The molecule has 2 saturated heterocycles. The van der Waals surface area contributed by atoms with Crippen molar-refractivity contribution in [2.24, 2.45) is 0 Å². The highest BCUT2D eigenvalue weighted by Gasteiger charge is 2.56. The third kappa shape index (κ3) is 3.54. The second kappa shape index (κ2) is 5.87. The third-order valence-electron chi connectivity index (χ3n) is 4.70. The molecule has 0 aromatic rings. The Bertz CT molecular complexity index is 450. The van der Waals surface area contributed by atoms with Crippen LogP contribution in [0.3, 0.4) is 0 Å². The van der Waals surface area contributed by atoms with Crippen LogP contribution < -0.4 is 0 Å². The average molecular weight is 327 g/mol. The number of hydrogen-bond acceptors (Lipinski definition) is 4. The summed E-state index contributed by atoms with van der Waals surface area (Å²) in [5.74, 6) is -0.603. The average Bonchev–Trinajstić information content (AvgIpc) is 2.80. The second-order valence-electron chi connectivity index (χ2n) is 8.03. The predicted octanol–water partition coefficient (Wildman–Crippen LogP) is 4.00. The van der Waals surface area contributed by atoms with E-state index in [1.807, 2.05) is 26.0 Å². The summed E-state index contributed by atoms with van der Waals surface area (Å²) in [5, 5.41) is 0.121. The first-order valence-corrected chi connectivity index (χ1v) is 10.9. The van der Waals surface area contributed by atoms with Crippen LogP contribution >= 0.6 is 0 Å². The van der Waals surface area contributed by atoms with Gasteiger partial charge in [0.2, 0.25) is 0 Å². The van der Waals surface area contributed by atoms with Crippen LogP contribution in [-0.4, -0.2) is 38.7 Å². The molecule has 4 nitrogen and oxygen atoms in total. The van der Waals surface area contributed by atoms with Crippen molar-refractivity contribution in [1.29, 1.82) is 0 Å². The van der Waals surface area contributed by atoms with Gasteiger partial charge in [-0.3, -0.25) is 0 Å². The Labute approximate surface area is 135 Å². The maximum Gasteiger partial charge on any atom is 0.195 e. The van der Waals surface area contributed by atoms with E-state index in [4.69, 9.17) is 18.6 Å². The Morgan fingerprint density at radius 2 is 1.73 bits per heavy atom. The van der Waals surface area contributed by atoms with Crippen LogP contribution in [-0.2, 0) is 18.6 Å². The molecule has 0 N–H and O–H groups in total. The lowest BCUT2D eigenvalue weighted by atomic mass is 10.1. The normalized spacial score (nSPS) is 35.0. The smallest absolute Gasteiger partial charge is 0.195 e. The van der Waals surface area contributed by atoms with Crippen molar-refractivity contribution >= 4 is 8.32 Å². The molecule has 0 unspecified atom stereocenters. The molecular formula is C17H30O4Si. The van der Waals surface area contributed by atoms with Gasteiger partial charge >= 0.3 is 0 Å². The van der Waals surface area contributed by atoms with Crippen LogP contribution in [0.4, 0.5) is 0 Å². The van der Waals surface area contributed by atoms with Crippen molar-refractivity contribution in [1.82, 2.24) is 0 Å². The lowest BCUT2D eigenvalue weighted by Crippen LogP contribution is -2.47. The summed E-state index contributed by atoms with van der Waals surface area (Å²) in [6.07, 6.45) is 4.70. The first kappa shape index (κ1) is 17.9. The molecule has 2 rings (SSSR count). The van der Waals surface area contributed by atoms with Gasteiger partial charge in [-0.15, -0.1) is 0 Å². The van der Waals surface area contributed by atoms with Gasteiger partial charge in [0.05, 0.1) is 0 Å². The second-order valence-corrected chi connectivity index (χ2v) is 12.8.